The summed E-state index contributed by atoms with van der Waals surface area (Å²) in [6.07, 6.45) is 2.47. The lowest BCUT2D eigenvalue weighted by Gasteiger charge is -2.26. The second kappa shape index (κ2) is 9.98. The molecule has 8 heteroatoms. The Morgan fingerprint density at radius 3 is 2.52 bits per heavy atom. The lowest BCUT2D eigenvalue weighted by molar-refractivity contribution is -0.153. The van der Waals surface area contributed by atoms with Crippen molar-refractivity contribution in [1.82, 2.24) is 10.2 Å². The highest BCUT2D eigenvalue weighted by Gasteiger charge is 2.17. The first kappa shape index (κ1) is 17.2. The predicted octanol–water partition coefficient (Wildman–Crippen LogP) is -0.383. The highest BCUT2D eigenvalue weighted by Crippen LogP contribution is 2.02. The van der Waals surface area contributed by atoms with Gasteiger partial charge in [-0.1, -0.05) is 6.42 Å². The van der Waals surface area contributed by atoms with Gasteiger partial charge in [0.05, 0.1) is 13.2 Å². The lowest BCUT2D eigenvalue weighted by Crippen LogP contribution is -2.42. The summed E-state index contributed by atoms with van der Waals surface area (Å²) < 4.78 is 10.1. The topological polar surface area (TPSA) is 111 Å². The molecule has 21 heavy (non-hydrogen) atoms. The molecule has 0 aromatic heterocycles. The van der Waals surface area contributed by atoms with Gasteiger partial charge in [0.1, 0.15) is 0 Å². The Kier molecular flexibility index (Phi) is 8.18. The van der Waals surface area contributed by atoms with Crippen molar-refractivity contribution in [2.24, 2.45) is 5.73 Å². The van der Waals surface area contributed by atoms with Gasteiger partial charge in [0.25, 0.3) is 5.91 Å². The number of nitrogens with two attached hydrogens (primary N) is 1. The van der Waals surface area contributed by atoms with Crippen molar-refractivity contribution in [2.45, 2.75) is 25.7 Å². The Morgan fingerprint density at radius 1 is 1.14 bits per heavy atom. The summed E-state index contributed by atoms with van der Waals surface area (Å²) >= 11 is 0. The fourth-order valence-corrected chi connectivity index (χ4v) is 1.90. The number of esters is 1. The highest BCUT2D eigenvalue weighted by molar-refractivity contribution is 5.80. The largest absolute Gasteiger partial charge is 0.456 e. The van der Waals surface area contributed by atoms with E-state index in [1.54, 1.807) is 4.90 Å². The van der Waals surface area contributed by atoms with E-state index in [-0.39, 0.29) is 24.9 Å². The fourth-order valence-electron chi connectivity index (χ4n) is 1.90. The molecule has 0 aliphatic carbocycles. The second-order valence-corrected chi connectivity index (χ2v) is 4.76. The average Bonchev–Trinajstić information content (AvgIpc) is 2.49. The third-order valence-corrected chi connectivity index (χ3v) is 3.08. The van der Waals surface area contributed by atoms with Crippen LogP contribution in [0, 0.1) is 0 Å². The molecular formula is C13H23N3O5. The number of urea groups is 1. The van der Waals surface area contributed by atoms with Crippen LogP contribution in [0.2, 0.25) is 0 Å². The van der Waals surface area contributed by atoms with Crippen molar-refractivity contribution in [3.05, 3.63) is 0 Å². The Labute approximate surface area is 123 Å². The monoisotopic (exact) mass is 301 g/mol. The van der Waals surface area contributed by atoms with Crippen LogP contribution in [0.4, 0.5) is 4.79 Å². The van der Waals surface area contributed by atoms with Gasteiger partial charge in [-0.05, 0) is 12.8 Å². The molecule has 0 unspecified atom stereocenters. The van der Waals surface area contributed by atoms with Crippen LogP contribution in [0.3, 0.4) is 0 Å². The van der Waals surface area contributed by atoms with Crippen molar-refractivity contribution in [1.29, 1.82) is 0 Å². The predicted molar refractivity (Wildman–Crippen MR) is 74.4 cm³/mol. The molecule has 0 spiro atoms. The van der Waals surface area contributed by atoms with Gasteiger partial charge in [-0.25, -0.2) is 4.79 Å². The third-order valence-electron chi connectivity index (χ3n) is 3.08. The summed E-state index contributed by atoms with van der Waals surface area (Å²) in [5.74, 6) is -0.559. The van der Waals surface area contributed by atoms with Gasteiger partial charge in [0.15, 0.2) is 6.61 Å². The molecule has 1 aliphatic heterocycles. The molecule has 1 rings (SSSR count). The normalized spacial score (nSPS) is 14.6. The van der Waals surface area contributed by atoms with Gasteiger partial charge in [0, 0.05) is 26.1 Å². The number of morpholine rings is 1. The van der Waals surface area contributed by atoms with Crippen molar-refractivity contribution >= 4 is 17.9 Å². The van der Waals surface area contributed by atoms with Crippen LogP contribution in [0.5, 0.6) is 0 Å². The number of primary amides is 1. The van der Waals surface area contributed by atoms with E-state index in [1.807, 2.05) is 0 Å². The Balaban J connectivity index is 2.00. The SMILES string of the molecule is NC(=O)NCCCCCC(=O)OCC(=O)N1CCOCC1. The van der Waals surface area contributed by atoms with E-state index in [0.717, 1.165) is 12.8 Å². The number of nitrogens with zero attached hydrogens (tertiary/aromatic N) is 1. The lowest BCUT2D eigenvalue weighted by atomic mass is 10.2. The molecule has 0 bridgehead atoms. The van der Waals surface area contributed by atoms with Crippen LogP contribution in [0.25, 0.3) is 0 Å². The molecule has 1 heterocycles. The number of unbranched alkanes of at least 4 members (excludes halogenated alkanes) is 2. The van der Waals surface area contributed by atoms with E-state index in [4.69, 9.17) is 15.2 Å². The minimum Gasteiger partial charge on any atom is -0.456 e. The van der Waals surface area contributed by atoms with Crippen molar-refractivity contribution in [3.63, 3.8) is 0 Å². The van der Waals surface area contributed by atoms with Gasteiger partial charge in [-0.15, -0.1) is 0 Å². The molecule has 1 fully saturated rings. The van der Waals surface area contributed by atoms with Crippen LogP contribution in [0.15, 0.2) is 0 Å². The van der Waals surface area contributed by atoms with Crippen LogP contribution >= 0.6 is 0 Å². The van der Waals surface area contributed by atoms with Crippen LogP contribution in [-0.2, 0) is 19.1 Å². The van der Waals surface area contributed by atoms with E-state index in [9.17, 15) is 14.4 Å². The molecule has 8 nitrogen and oxygen atoms in total. The molecule has 3 amide bonds. The molecule has 0 aromatic carbocycles. The number of carbonyl (C=O) groups excluding carboxylic acids is 3. The summed E-state index contributed by atoms with van der Waals surface area (Å²) in [4.78, 5) is 35.2. The molecule has 0 saturated carbocycles. The average molecular weight is 301 g/mol. The molecule has 0 atom stereocenters. The fraction of sp³-hybridized carbons (Fsp3) is 0.769. The number of amides is 3. The number of carbonyl (C=O) groups is 3. The zero-order valence-electron chi connectivity index (χ0n) is 12.1. The van der Waals surface area contributed by atoms with Crippen LogP contribution < -0.4 is 11.1 Å². The number of rotatable bonds is 8. The molecule has 1 saturated heterocycles. The first-order chi connectivity index (χ1) is 10.1. The molecule has 3 N–H and O–H groups in total. The van der Waals surface area contributed by atoms with Gasteiger partial charge in [-0.2, -0.15) is 0 Å². The van der Waals surface area contributed by atoms with Crippen molar-refractivity contribution in [3.8, 4) is 0 Å². The van der Waals surface area contributed by atoms with Gasteiger partial charge in [-0.3, -0.25) is 9.59 Å². The molecule has 1 aliphatic rings. The van der Waals surface area contributed by atoms with Crippen LogP contribution in [0.1, 0.15) is 25.7 Å². The Morgan fingerprint density at radius 2 is 1.86 bits per heavy atom. The van der Waals surface area contributed by atoms with E-state index in [0.29, 0.717) is 39.3 Å². The smallest absolute Gasteiger partial charge is 0.312 e. The minimum atomic E-state index is -0.545. The van der Waals surface area contributed by atoms with Gasteiger partial charge in [0.2, 0.25) is 0 Å². The Hall–Kier alpha value is -1.83. The molecule has 0 radical (unpaired) electrons. The molecule has 120 valence electrons. The quantitative estimate of drug-likeness (QED) is 0.469. The summed E-state index contributed by atoms with van der Waals surface area (Å²) in [6, 6.07) is -0.545. The maximum atomic E-state index is 11.7. The molecule has 0 aromatic rings. The van der Waals surface area contributed by atoms with Crippen molar-refractivity contribution < 1.29 is 23.9 Å². The van der Waals surface area contributed by atoms with Crippen LogP contribution in [-0.4, -0.2) is 62.3 Å². The second-order valence-electron chi connectivity index (χ2n) is 4.76. The van der Waals surface area contributed by atoms with Gasteiger partial charge >= 0.3 is 12.0 Å². The summed E-state index contributed by atoms with van der Waals surface area (Å²) in [5, 5.41) is 2.47. The maximum Gasteiger partial charge on any atom is 0.312 e. The highest BCUT2D eigenvalue weighted by atomic mass is 16.5. The van der Waals surface area contributed by atoms with E-state index in [2.05, 4.69) is 5.32 Å². The summed E-state index contributed by atoms with van der Waals surface area (Å²) in [6.45, 7) is 2.44. The van der Waals surface area contributed by atoms with Crippen molar-refractivity contribution in [2.75, 3.05) is 39.5 Å². The van der Waals surface area contributed by atoms with E-state index in [1.165, 1.54) is 0 Å². The number of ether oxygens (including phenoxy) is 2. The standard InChI is InChI=1S/C13H23N3O5/c14-13(19)15-5-3-1-2-4-12(18)21-10-11(17)16-6-8-20-9-7-16/h1-10H2,(H3,14,15,19). The minimum absolute atomic E-state index is 0.183. The maximum absolute atomic E-state index is 11.7. The Bertz CT molecular complexity index is 356. The zero-order chi connectivity index (χ0) is 15.5. The zero-order valence-corrected chi connectivity index (χ0v) is 12.1. The number of nitrogens with one attached hydrogen (secondary N) is 1. The van der Waals surface area contributed by atoms with Gasteiger partial charge < -0.3 is 25.4 Å². The van der Waals surface area contributed by atoms with E-state index >= 15 is 0 Å². The first-order valence-corrected chi connectivity index (χ1v) is 7.14. The first-order valence-electron chi connectivity index (χ1n) is 7.14. The summed E-state index contributed by atoms with van der Waals surface area (Å²) in [7, 11) is 0. The summed E-state index contributed by atoms with van der Waals surface area (Å²) in [5.41, 5.74) is 4.92. The van der Waals surface area contributed by atoms with E-state index < -0.39 is 6.03 Å². The number of hydrogen-bond donors (Lipinski definition) is 2. The third kappa shape index (κ3) is 8.13. The number of hydrogen-bond acceptors (Lipinski definition) is 5. The molecular weight excluding hydrogens is 278 g/mol.